The van der Waals surface area contributed by atoms with Crippen LogP contribution in [0, 0.1) is 17.1 Å². The zero-order valence-electron chi connectivity index (χ0n) is 19.8. The fourth-order valence-corrected chi connectivity index (χ4v) is 4.58. The molecular weight excluding hydrogens is 457 g/mol. The van der Waals surface area contributed by atoms with Crippen LogP contribution in [0.25, 0.3) is 34.2 Å². The number of nitrogens with zero attached hydrogens (tertiary/aromatic N) is 1. The summed E-state index contributed by atoms with van der Waals surface area (Å²) in [5.41, 5.74) is 2.04. The van der Waals surface area contributed by atoms with E-state index in [4.69, 9.17) is 19.2 Å². The molecule has 1 aliphatic rings. The lowest BCUT2D eigenvalue weighted by atomic mass is 10.00. The molecule has 0 unspecified atom stereocenters. The van der Waals surface area contributed by atoms with Gasteiger partial charge in [-0.25, -0.2) is 4.39 Å². The number of ether oxygens (including phenoxy) is 2. The highest BCUT2D eigenvalue weighted by molar-refractivity contribution is 5.87. The molecule has 0 bridgehead atoms. The van der Waals surface area contributed by atoms with Gasteiger partial charge in [0, 0.05) is 5.56 Å². The third kappa shape index (κ3) is 4.60. The summed E-state index contributed by atoms with van der Waals surface area (Å²) in [6, 6.07) is 18.3. The van der Waals surface area contributed by atoms with E-state index in [-0.39, 0.29) is 28.1 Å². The van der Waals surface area contributed by atoms with Crippen LogP contribution in [0.3, 0.4) is 0 Å². The Morgan fingerprint density at radius 3 is 2.56 bits per heavy atom. The second-order valence-corrected chi connectivity index (χ2v) is 8.74. The third-order valence-corrected chi connectivity index (χ3v) is 6.41. The van der Waals surface area contributed by atoms with Crippen molar-refractivity contribution in [2.24, 2.45) is 0 Å². The maximum Gasteiger partial charge on any atom is 0.201 e. The summed E-state index contributed by atoms with van der Waals surface area (Å²) in [6.45, 7) is 0. The summed E-state index contributed by atoms with van der Waals surface area (Å²) in [5, 5.41) is 9.31. The number of hydrogen-bond donors (Lipinski definition) is 0. The van der Waals surface area contributed by atoms with E-state index < -0.39 is 5.82 Å². The van der Waals surface area contributed by atoms with Gasteiger partial charge in [0.25, 0.3) is 0 Å². The van der Waals surface area contributed by atoms with Crippen LogP contribution in [-0.2, 0) is 0 Å². The van der Waals surface area contributed by atoms with Gasteiger partial charge >= 0.3 is 0 Å². The number of hydrogen-bond acceptors (Lipinski definition) is 5. The van der Waals surface area contributed by atoms with Gasteiger partial charge in [0.15, 0.2) is 11.5 Å². The molecule has 4 aromatic rings. The van der Waals surface area contributed by atoms with Gasteiger partial charge in [-0.1, -0.05) is 24.3 Å². The maximum atomic E-state index is 13.9. The average molecular weight is 482 g/mol. The van der Waals surface area contributed by atoms with E-state index in [1.165, 1.54) is 18.2 Å². The number of nitriles is 1. The average Bonchev–Trinajstić information content (AvgIpc) is 3.42. The minimum atomic E-state index is -0.519. The molecule has 5 nitrogen and oxygen atoms in total. The van der Waals surface area contributed by atoms with E-state index in [0.717, 1.165) is 31.2 Å². The van der Waals surface area contributed by atoms with Gasteiger partial charge in [0.2, 0.25) is 5.43 Å². The SMILES string of the molecule is COc1cccc(C=Cc2oc3ccc(F)cc3c(=O)c2-c2ccc(C#N)cc2)c1OC1CCCC1. The lowest BCUT2D eigenvalue weighted by molar-refractivity contribution is 0.200. The predicted molar refractivity (Wildman–Crippen MR) is 137 cm³/mol. The van der Waals surface area contributed by atoms with Crippen LogP contribution in [0.2, 0.25) is 0 Å². The van der Waals surface area contributed by atoms with Gasteiger partial charge in [-0.15, -0.1) is 0 Å². The first kappa shape index (κ1) is 23.4. The number of para-hydroxylation sites is 1. The van der Waals surface area contributed by atoms with Gasteiger partial charge < -0.3 is 13.9 Å². The minimum absolute atomic E-state index is 0.135. The first-order valence-electron chi connectivity index (χ1n) is 11.9. The number of rotatable bonds is 6. The Bertz CT molecular complexity index is 1540. The van der Waals surface area contributed by atoms with Crippen molar-refractivity contribution in [1.82, 2.24) is 0 Å². The molecule has 36 heavy (non-hydrogen) atoms. The summed E-state index contributed by atoms with van der Waals surface area (Å²) in [4.78, 5) is 13.5. The van der Waals surface area contributed by atoms with Crippen molar-refractivity contribution in [2.45, 2.75) is 31.8 Å². The van der Waals surface area contributed by atoms with Crippen LogP contribution in [0.4, 0.5) is 4.39 Å². The van der Waals surface area contributed by atoms with Crippen molar-refractivity contribution in [3.8, 4) is 28.7 Å². The second kappa shape index (κ2) is 10.1. The van der Waals surface area contributed by atoms with E-state index in [2.05, 4.69) is 6.07 Å². The van der Waals surface area contributed by atoms with Crippen LogP contribution < -0.4 is 14.9 Å². The molecule has 0 saturated heterocycles. The van der Waals surface area contributed by atoms with Crippen LogP contribution in [0.5, 0.6) is 11.5 Å². The number of benzene rings is 3. The van der Waals surface area contributed by atoms with E-state index in [1.54, 1.807) is 37.5 Å². The Balaban J connectivity index is 1.64. The zero-order chi connectivity index (χ0) is 25.1. The topological polar surface area (TPSA) is 72.5 Å². The first-order chi connectivity index (χ1) is 17.6. The maximum absolute atomic E-state index is 13.9. The Morgan fingerprint density at radius 2 is 1.83 bits per heavy atom. The smallest absolute Gasteiger partial charge is 0.201 e. The summed E-state index contributed by atoms with van der Waals surface area (Å²) in [7, 11) is 1.61. The monoisotopic (exact) mass is 481 g/mol. The van der Waals surface area contributed by atoms with Crippen LogP contribution in [0.1, 0.15) is 42.6 Å². The van der Waals surface area contributed by atoms with Gasteiger partial charge in [-0.05, 0) is 79.8 Å². The normalized spacial score (nSPS) is 13.8. The molecule has 0 aliphatic heterocycles. The van der Waals surface area contributed by atoms with Gasteiger partial charge in [-0.2, -0.15) is 5.26 Å². The van der Waals surface area contributed by atoms with E-state index >= 15 is 0 Å². The number of methoxy groups -OCH3 is 1. The molecule has 1 heterocycles. The molecule has 1 saturated carbocycles. The van der Waals surface area contributed by atoms with Gasteiger partial charge in [0.05, 0.1) is 35.8 Å². The molecule has 3 aromatic carbocycles. The molecule has 1 aromatic heterocycles. The largest absolute Gasteiger partial charge is 0.493 e. The second-order valence-electron chi connectivity index (χ2n) is 8.74. The minimum Gasteiger partial charge on any atom is -0.493 e. The third-order valence-electron chi connectivity index (χ3n) is 6.41. The molecule has 0 spiro atoms. The molecule has 5 rings (SSSR count). The van der Waals surface area contributed by atoms with Crippen molar-refractivity contribution in [3.05, 3.63) is 93.6 Å². The van der Waals surface area contributed by atoms with Gasteiger partial charge in [-0.3, -0.25) is 4.79 Å². The van der Waals surface area contributed by atoms with Gasteiger partial charge in [0.1, 0.15) is 17.2 Å². The Labute approximate surface area is 208 Å². The fourth-order valence-electron chi connectivity index (χ4n) is 4.58. The molecule has 180 valence electrons. The zero-order valence-corrected chi connectivity index (χ0v) is 19.8. The molecular formula is C30H24FNO4. The number of fused-ring (bicyclic) bond motifs is 1. The number of halogens is 1. The molecule has 1 aliphatic carbocycles. The molecule has 1 fully saturated rings. The molecule has 0 atom stereocenters. The van der Waals surface area contributed by atoms with E-state index in [9.17, 15) is 9.18 Å². The van der Waals surface area contributed by atoms with Crippen LogP contribution in [0.15, 0.2) is 69.9 Å². The molecule has 6 heteroatoms. The molecule has 0 amide bonds. The van der Waals surface area contributed by atoms with Crippen molar-refractivity contribution >= 4 is 23.1 Å². The highest BCUT2D eigenvalue weighted by atomic mass is 19.1. The summed E-state index contributed by atoms with van der Waals surface area (Å²) >= 11 is 0. The van der Waals surface area contributed by atoms with Crippen molar-refractivity contribution in [3.63, 3.8) is 0 Å². The van der Waals surface area contributed by atoms with Crippen molar-refractivity contribution < 1.29 is 18.3 Å². The fraction of sp³-hybridized carbons (Fsp3) is 0.200. The molecule has 0 N–H and O–H groups in total. The highest BCUT2D eigenvalue weighted by Gasteiger charge is 2.20. The Hall–Kier alpha value is -4.37. The lowest BCUT2D eigenvalue weighted by Gasteiger charge is -2.18. The Morgan fingerprint density at radius 1 is 1.06 bits per heavy atom. The van der Waals surface area contributed by atoms with Crippen molar-refractivity contribution in [1.29, 1.82) is 5.26 Å². The predicted octanol–water partition coefficient (Wildman–Crippen LogP) is 6.97. The van der Waals surface area contributed by atoms with E-state index in [0.29, 0.717) is 28.4 Å². The standard InChI is InChI=1S/C30H24FNO4/c1-34-27-8-4-5-21(30(27)35-23-6-2-3-7-23)13-15-26-28(20-11-9-19(18-32)10-12-20)29(33)24-17-22(31)14-16-25(24)36-26/h4-5,8-17,23H,2-3,6-7H2,1H3. The first-order valence-corrected chi connectivity index (χ1v) is 11.9. The molecule has 0 radical (unpaired) electrons. The van der Waals surface area contributed by atoms with Crippen LogP contribution in [-0.4, -0.2) is 13.2 Å². The Kier molecular flexibility index (Phi) is 6.55. The van der Waals surface area contributed by atoms with Crippen LogP contribution >= 0.6 is 0 Å². The van der Waals surface area contributed by atoms with Crippen molar-refractivity contribution in [2.75, 3.05) is 7.11 Å². The summed E-state index contributed by atoms with van der Waals surface area (Å²) < 4.78 is 31.9. The lowest BCUT2D eigenvalue weighted by Crippen LogP contribution is -2.12. The summed E-state index contributed by atoms with van der Waals surface area (Å²) in [6.07, 6.45) is 7.96. The van der Waals surface area contributed by atoms with E-state index in [1.807, 2.05) is 24.3 Å². The summed E-state index contributed by atoms with van der Waals surface area (Å²) in [5.74, 6) is 1.08. The highest BCUT2D eigenvalue weighted by Crippen LogP contribution is 2.36. The quantitative estimate of drug-likeness (QED) is 0.297.